The highest BCUT2D eigenvalue weighted by Gasteiger charge is 2.26. The van der Waals surface area contributed by atoms with Gasteiger partial charge >= 0.3 is 0 Å². The first-order chi connectivity index (χ1) is 13.7. The molecule has 29 heavy (non-hydrogen) atoms. The fraction of sp³-hybridized carbons (Fsp3) is 0.652. The van der Waals surface area contributed by atoms with Gasteiger partial charge in [-0.05, 0) is 50.7 Å². The molecule has 0 radical (unpaired) electrons. The molecule has 1 saturated heterocycles. The Bertz CT molecular complexity index is 661. The molecule has 0 aromatic heterocycles. The molecule has 1 fully saturated rings. The Labute approximate surface area is 176 Å². The number of hydrogen-bond acceptors (Lipinski definition) is 2. The molecule has 1 atom stereocenters. The summed E-state index contributed by atoms with van der Waals surface area (Å²) in [5.74, 6) is 0.882. The van der Waals surface area contributed by atoms with Crippen LogP contribution >= 0.6 is 0 Å². The van der Waals surface area contributed by atoms with Crippen molar-refractivity contribution in [3.8, 4) is 0 Å². The predicted molar refractivity (Wildman–Crippen MR) is 117 cm³/mol. The van der Waals surface area contributed by atoms with Gasteiger partial charge in [0.25, 0.3) is 11.8 Å². The van der Waals surface area contributed by atoms with Gasteiger partial charge in [-0.25, -0.2) is 0 Å². The van der Waals surface area contributed by atoms with Crippen molar-refractivity contribution < 1.29 is 19.4 Å². The van der Waals surface area contributed by atoms with Gasteiger partial charge in [0.2, 0.25) is 0 Å². The van der Waals surface area contributed by atoms with Gasteiger partial charge in [-0.2, -0.15) is 0 Å². The average Bonchev–Trinajstić information content (AvgIpc) is 2.65. The van der Waals surface area contributed by atoms with Crippen molar-refractivity contribution >= 4 is 17.5 Å². The molecule has 0 spiro atoms. The van der Waals surface area contributed by atoms with Crippen molar-refractivity contribution in [2.75, 3.05) is 44.6 Å². The van der Waals surface area contributed by atoms with Gasteiger partial charge in [0.15, 0.2) is 13.1 Å². The van der Waals surface area contributed by atoms with Crippen LogP contribution in [0.3, 0.4) is 0 Å². The van der Waals surface area contributed by atoms with Crippen LogP contribution in [0.4, 0.5) is 5.69 Å². The van der Waals surface area contributed by atoms with E-state index in [4.69, 9.17) is 0 Å². The summed E-state index contributed by atoms with van der Waals surface area (Å²) in [6.07, 6.45) is 2.17. The van der Waals surface area contributed by atoms with E-state index in [0.717, 1.165) is 55.8 Å². The van der Waals surface area contributed by atoms with Gasteiger partial charge < -0.3 is 20.4 Å². The highest BCUT2D eigenvalue weighted by molar-refractivity contribution is 5.93. The van der Waals surface area contributed by atoms with E-state index in [9.17, 15) is 9.59 Å². The zero-order valence-corrected chi connectivity index (χ0v) is 18.9. The molecule has 0 saturated carbocycles. The highest BCUT2D eigenvalue weighted by Crippen LogP contribution is 2.18. The van der Waals surface area contributed by atoms with Crippen LogP contribution in [0.2, 0.25) is 0 Å². The maximum Gasteiger partial charge on any atom is 0.279 e. The van der Waals surface area contributed by atoms with Crippen LogP contribution in [0.15, 0.2) is 18.2 Å². The van der Waals surface area contributed by atoms with E-state index in [1.54, 1.807) is 0 Å². The lowest BCUT2D eigenvalue weighted by Gasteiger charge is -2.29. The summed E-state index contributed by atoms with van der Waals surface area (Å²) in [6.45, 7) is 15.3. The van der Waals surface area contributed by atoms with E-state index < -0.39 is 0 Å². The number of aryl methyl sites for hydroxylation is 2. The van der Waals surface area contributed by atoms with E-state index in [1.807, 2.05) is 32.0 Å². The third-order valence-corrected chi connectivity index (χ3v) is 5.82. The summed E-state index contributed by atoms with van der Waals surface area (Å²) in [4.78, 5) is 27.4. The molecule has 6 nitrogen and oxygen atoms in total. The number of anilines is 1. The zero-order valence-electron chi connectivity index (χ0n) is 18.9. The van der Waals surface area contributed by atoms with Crippen LogP contribution in [0, 0.1) is 19.8 Å². The number of carbonyl (C=O) groups excluding carboxylic acids is 2. The highest BCUT2D eigenvalue weighted by atomic mass is 16.2. The van der Waals surface area contributed by atoms with Gasteiger partial charge in [0.1, 0.15) is 26.2 Å². The molecular weight excluding hydrogens is 364 g/mol. The van der Waals surface area contributed by atoms with Crippen LogP contribution < -0.4 is 20.4 Å². The second-order valence-electron chi connectivity index (χ2n) is 9.11. The second kappa shape index (κ2) is 11.3. The number of piperazine rings is 1. The molecule has 4 N–H and O–H groups in total. The third kappa shape index (κ3) is 8.15. The minimum Gasteiger partial charge on any atom is -0.349 e. The zero-order chi connectivity index (χ0) is 21.4. The van der Waals surface area contributed by atoms with E-state index >= 15 is 0 Å². The Morgan fingerprint density at radius 3 is 1.93 bits per heavy atom. The van der Waals surface area contributed by atoms with E-state index in [2.05, 4.69) is 31.4 Å². The van der Waals surface area contributed by atoms with E-state index in [-0.39, 0.29) is 17.9 Å². The van der Waals surface area contributed by atoms with Crippen molar-refractivity contribution in [3.63, 3.8) is 0 Å². The summed E-state index contributed by atoms with van der Waals surface area (Å²) in [6, 6.07) is 6.29. The molecule has 1 heterocycles. The Balaban J connectivity index is 1.69. The molecule has 6 heteroatoms. The lowest BCUT2D eigenvalue weighted by atomic mass is 10.0. The Morgan fingerprint density at radius 2 is 1.41 bits per heavy atom. The average molecular weight is 405 g/mol. The maximum atomic E-state index is 12.5. The normalized spacial score (nSPS) is 20.3. The monoisotopic (exact) mass is 404 g/mol. The van der Waals surface area contributed by atoms with E-state index in [0.29, 0.717) is 19.0 Å². The lowest BCUT2D eigenvalue weighted by Crippen LogP contribution is -3.28. The number of carbonyl (C=O) groups is 2. The minimum atomic E-state index is 0.0672. The molecule has 1 aliphatic rings. The summed E-state index contributed by atoms with van der Waals surface area (Å²) < 4.78 is 0. The molecule has 162 valence electrons. The smallest absolute Gasteiger partial charge is 0.279 e. The first kappa shape index (κ1) is 23.4. The van der Waals surface area contributed by atoms with Crippen molar-refractivity contribution in [2.45, 2.75) is 53.5 Å². The number of amides is 2. The van der Waals surface area contributed by atoms with Gasteiger partial charge in [-0.3, -0.25) is 9.59 Å². The number of quaternary nitrogens is 2. The van der Waals surface area contributed by atoms with Crippen LogP contribution in [-0.4, -0.2) is 57.1 Å². The third-order valence-electron chi connectivity index (χ3n) is 5.82. The lowest BCUT2D eigenvalue weighted by molar-refractivity contribution is -1.00. The molecule has 0 unspecified atom stereocenters. The molecule has 1 aromatic rings. The fourth-order valence-electron chi connectivity index (χ4n) is 3.94. The van der Waals surface area contributed by atoms with Crippen molar-refractivity contribution in [1.29, 1.82) is 0 Å². The quantitative estimate of drug-likeness (QED) is 0.467. The molecule has 0 aliphatic carbocycles. The van der Waals surface area contributed by atoms with Crippen molar-refractivity contribution in [3.05, 3.63) is 29.3 Å². The summed E-state index contributed by atoms with van der Waals surface area (Å²) >= 11 is 0. The first-order valence-corrected chi connectivity index (χ1v) is 11.1. The Kier molecular flexibility index (Phi) is 9.11. The minimum absolute atomic E-state index is 0.0672. The SMILES string of the molecule is Cc1cccc(C)c1NC(=O)C[NH+]1CC[NH+](CC(=O)N[C@@H](C)CCC(C)C)CC1. The number of nitrogens with one attached hydrogen (secondary N) is 4. The first-order valence-electron chi connectivity index (χ1n) is 11.1. The number of para-hydroxylation sites is 1. The number of benzene rings is 1. The topological polar surface area (TPSA) is 67.1 Å². The molecule has 1 aliphatic heterocycles. The second-order valence-corrected chi connectivity index (χ2v) is 9.11. The van der Waals surface area contributed by atoms with E-state index in [1.165, 1.54) is 9.80 Å². The van der Waals surface area contributed by atoms with Crippen LogP contribution in [0.25, 0.3) is 0 Å². The summed E-state index contributed by atoms with van der Waals surface area (Å²) in [7, 11) is 0. The fourth-order valence-corrected chi connectivity index (χ4v) is 3.94. The number of rotatable bonds is 9. The standard InChI is InChI=1S/C23H38N4O2/c1-17(2)9-10-20(5)24-21(28)15-26-11-13-27(14-12-26)16-22(29)25-23-18(3)7-6-8-19(23)4/h6-8,17,20H,9-16H2,1-5H3,(H,24,28)(H,25,29)/p+2/t20-/m0/s1. The predicted octanol–water partition coefficient (Wildman–Crippen LogP) is -0.0338. The van der Waals surface area contributed by atoms with Gasteiger partial charge in [-0.1, -0.05) is 32.0 Å². The Morgan fingerprint density at radius 1 is 0.897 bits per heavy atom. The maximum absolute atomic E-state index is 12.5. The van der Waals surface area contributed by atoms with Crippen LogP contribution in [0.5, 0.6) is 0 Å². The van der Waals surface area contributed by atoms with Gasteiger partial charge in [0, 0.05) is 11.7 Å². The largest absolute Gasteiger partial charge is 0.349 e. The van der Waals surface area contributed by atoms with Gasteiger partial charge in [0.05, 0.1) is 0 Å². The molecular formula is C23H40N4O2+2. The van der Waals surface area contributed by atoms with Gasteiger partial charge in [-0.15, -0.1) is 0 Å². The number of hydrogen-bond donors (Lipinski definition) is 4. The van der Waals surface area contributed by atoms with Crippen LogP contribution in [-0.2, 0) is 9.59 Å². The molecule has 2 amide bonds. The van der Waals surface area contributed by atoms with Crippen molar-refractivity contribution in [1.82, 2.24) is 5.32 Å². The molecule has 1 aromatic carbocycles. The van der Waals surface area contributed by atoms with Crippen molar-refractivity contribution in [2.24, 2.45) is 5.92 Å². The Hall–Kier alpha value is -1.92. The molecule has 0 bridgehead atoms. The summed E-state index contributed by atoms with van der Waals surface area (Å²) in [5.41, 5.74) is 3.12. The summed E-state index contributed by atoms with van der Waals surface area (Å²) in [5, 5.41) is 6.21. The van der Waals surface area contributed by atoms with Crippen LogP contribution in [0.1, 0.15) is 44.7 Å². The molecule has 2 rings (SSSR count).